The Kier molecular flexibility index (Phi) is 6.79. The highest BCUT2D eigenvalue weighted by atomic mass is 19.3. The molecule has 1 aliphatic rings. The molecule has 0 radical (unpaired) electrons. The van der Waals surface area contributed by atoms with E-state index < -0.39 is 58.6 Å². The Morgan fingerprint density at radius 1 is 0.714 bits per heavy atom. The summed E-state index contributed by atoms with van der Waals surface area (Å²) in [5.41, 5.74) is -0.323. The maximum Gasteiger partial charge on any atom is 0.400 e. The summed E-state index contributed by atoms with van der Waals surface area (Å²) in [7, 11) is 0. The lowest BCUT2D eigenvalue weighted by atomic mass is 9.78. The van der Waals surface area contributed by atoms with Crippen LogP contribution in [0, 0.1) is 47.7 Å². The van der Waals surface area contributed by atoms with E-state index in [1.165, 1.54) is 19.1 Å². The third-order valence-electron chi connectivity index (χ3n) is 6.44. The molecule has 3 aromatic carbocycles. The topological polar surface area (TPSA) is 9.23 Å². The van der Waals surface area contributed by atoms with Gasteiger partial charge in [-0.3, -0.25) is 0 Å². The predicted molar refractivity (Wildman–Crippen MR) is 113 cm³/mol. The van der Waals surface area contributed by atoms with Gasteiger partial charge < -0.3 is 4.74 Å². The first-order chi connectivity index (χ1) is 16.5. The van der Waals surface area contributed by atoms with E-state index in [9.17, 15) is 35.1 Å². The van der Waals surface area contributed by atoms with E-state index in [2.05, 4.69) is 0 Å². The molecule has 0 amide bonds. The van der Waals surface area contributed by atoms with Gasteiger partial charge in [-0.05, 0) is 79.5 Å². The molecule has 1 nitrogen and oxygen atoms in total. The highest BCUT2D eigenvalue weighted by molar-refractivity contribution is 5.65. The van der Waals surface area contributed by atoms with Gasteiger partial charge in [0.2, 0.25) is 0 Å². The van der Waals surface area contributed by atoms with Gasteiger partial charge in [-0.1, -0.05) is 12.1 Å². The van der Waals surface area contributed by atoms with Crippen molar-refractivity contribution in [1.82, 2.24) is 0 Å². The van der Waals surface area contributed by atoms with E-state index >= 15 is 0 Å². The van der Waals surface area contributed by atoms with E-state index in [-0.39, 0.29) is 47.9 Å². The molecule has 0 spiro atoms. The smallest absolute Gasteiger partial charge is 0.400 e. The van der Waals surface area contributed by atoms with Crippen molar-refractivity contribution in [3.8, 4) is 16.9 Å². The zero-order valence-electron chi connectivity index (χ0n) is 18.5. The average molecular weight is 500 g/mol. The van der Waals surface area contributed by atoms with Crippen molar-refractivity contribution >= 4 is 0 Å². The van der Waals surface area contributed by atoms with Crippen LogP contribution in [-0.2, 0) is 0 Å². The minimum atomic E-state index is -3.68. The molecule has 1 saturated carbocycles. The van der Waals surface area contributed by atoms with Gasteiger partial charge in [0, 0.05) is 11.6 Å². The Morgan fingerprint density at radius 2 is 1.34 bits per heavy atom. The van der Waals surface area contributed by atoms with E-state index in [1.807, 2.05) is 0 Å². The quantitative estimate of drug-likeness (QED) is 0.252. The summed E-state index contributed by atoms with van der Waals surface area (Å²) < 4.78 is 117. The van der Waals surface area contributed by atoms with Crippen LogP contribution in [0.2, 0.25) is 0 Å². The Morgan fingerprint density at radius 3 is 1.94 bits per heavy atom. The molecule has 35 heavy (non-hydrogen) atoms. The van der Waals surface area contributed by atoms with Gasteiger partial charge in [0.05, 0.1) is 5.92 Å². The van der Waals surface area contributed by atoms with Gasteiger partial charge in [-0.2, -0.15) is 8.78 Å². The number of hydrogen-bond donors (Lipinski definition) is 0. The number of ether oxygens (including phenoxy) is 1. The molecule has 186 valence electrons. The van der Waals surface area contributed by atoms with E-state index in [4.69, 9.17) is 4.74 Å². The van der Waals surface area contributed by atoms with Crippen molar-refractivity contribution in [1.29, 1.82) is 0 Å². The molecule has 1 aliphatic carbocycles. The second-order valence-corrected chi connectivity index (χ2v) is 8.71. The summed E-state index contributed by atoms with van der Waals surface area (Å²) in [6.07, 6.45) is -3.34. The van der Waals surface area contributed by atoms with Crippen LogP contribution in [-0.4, -0.2) is 6.11 Å². The molecular formula is C26H20F8O. The lowest BCUT2D eigenvalue weighted by Gasteiger charge is -2.33. The van der Waals surface area contributed by atoms with Gasteiger partial charge in [-0.15, -0.1) is 0 Å². The first kappa shape index (κ1) is 25.0. The van der Waals surface area contributed by atoms with Crippen molar-refractivity contribution in [2.75, 3.05) is 0 Å². The monoisotopic (exact) mass is 500 g/mol. The second-order valence-electron chi connectivity index (χ2n) is 8.71. The van der Waals surface area contributed by atoms with Crippen LogP contribution >= 0.6 is 0 Å². The maximum atomic E-state index is 14.8. The van der Waals surface area contributed by atoms with Gasteiger partial charge >= 0.3 is 6.11 Å². The minimum absolute atomic E-state index is 0.0265. The summed E-state index contributed by atoms with van der Waals surface area (Å²) in [5, 5.41) is 0. The van der Waals surface area contributed by atoms with Crippen LogP contribution in [0.25, 0.3) is 11.1 Å². The Balaban J connectivity index is 1.45. The standard InChI is InChI=1S/C26H20F8O/c1-13-2-8-19(24(31)23(13)30)14-3-5-16(6-4-14)26(33,34)35-17-7-9-18(20(27)12-17)15-10-21(28)25(32)22(29)11-15/h2,7-12,14,16H,3-6H2,1H3. The molecule has 0 aromatic heterocycles. The zero-order chi connectivity index (χ0) is 25.5. The first-order valence-corrected chi connectivity index (χ1v) is 10.9. The van der Waals surface area contributed by atoms with Crippen molar-refractivity contribution in [2.24, 2.45) is 5.92 Å². The number of halogens is 8. The van der Waals surface area contributed by atoms with Crippen LogP contribution in [0.15, 0.2) is 42.5 Å². The fourth-order valence-electron chi connectivity index (χ4n) is 4.46. The molecule has 4 rings (SSSR count). The molecule has 1 fully saturated rings. The molecule has 0 aliphatic heterocycles. The normalized spacial score (nSPS) is 18.5. The molecule has 0 saturated heterocycles. The lowest BCUT2D eigenvalue weighted by molar-refractivity contribution is -0.222. The van der Waals surface area contributed by atoms with E-state index in [0.29, 0.717) is 18.2 Å². The Labute approximate surface area is 196 Å². The fourth-order valence-corrected chi connectivity index (χ4v) is 4.46. The Bertz CT molecular complexity index is 1230. The van der Waals surface area contributed by atoms with Crippen LogP contribution in [0.5, 0.6) is 5.75 Å². The molecule has 3 aromatic rings. The summed E-state index contributed by atoms with van der Waals surface area (Å²) in [4.78, 5) is 0. The maximum absolute atomic E-state index is 14.8. The second kappa shape index (κ2) is 9.51. The number of aryl methyl sites for hydroxylation is 1. The van der Waals surface area contributed by atoms with Crippen LogP contribution < -0.4 is 4.74 Å². The van der Waals surface area contributed by atoms with Gasteiger partial charge in [-0.25, -0.2) is 26.3 Å². The van der Waals surface area contributed by atoms with Crippen molar-refractivity contribution < 1.29 is 39.9 Å². The Hall–Kier alpha value is -3.10. The highest BCUT2D eigenvalue weighted by Gasteiger charge is 2.44. The highest BCUT2D eigenvalue weighted by Crippen LogP contribution is 2.44. The molecule has 0 unspecified atom stereocenters. The number of alkyl halides is 2. The van der Waals surface area contributed by atoms with Crippen molar-refractivity contribution in [2.45, 2.75) is 44.6 Å². The van der Waals surface area contributed by atoms with E-state index in [0.717, 1.165) is 12.1 Å². The average Bonchev–Trinajstić information content (AvgIpc) is 2.81. The van der Waals surface area contributed by atoms with Crippen LogP contribution in [0.4, 0.5) is 35.1 Å². The third-order valence-corrected chi connectivity index (χ3v) is 6.44. The first-order valence-electron chi connectivity index (χ1n) is 10.9. The molecule has 0 N–H and O–H groups in total. The summed E-state index contributed by atoms with van der Waals surface area (Å²) in [6, 6.07) is 6.76. The van der Waals surface area contributed by atoms with Crippen LogP contribution in [0.3, 0.4) is 0 Å². The fraction of sp³-hybridized carbons (Fsp3) is 0.308. The number of hydrogen-bond acceptors (Lipinski definition) is 1. The molecule has 0 bridgehead atoms. The molecule has 0 atom stereocenters. The largest absolute Gasteiger partial charge is 0.432 e. The number of rotatable bonds is 5. The predicted octanol–water partition coefficient (Wildman–Crippen LogP) is 8.44. The zero-order valence-corrected chi connectivity index (χ0v) is 18.5. The minimum Gasteiger partial charge on any atom is -0.432 e. The van der Waals surface area contributed by atoms with Crippen LogP contribution in [0.1, 0.15) is 42.7 Å². The van der Waals surface area contributed by atoms with Crippen molar-refractivity contribution in [3.63, 3.8) is 0 Å². The lowest BCUT2D eigenvalue weighted by Crippen LogP contribution is -2.37. The van der Waals surface area contributed by atoms with Gasteiger partial charge in [0.15, 0.2) is 29.1 Å². The summed E-state index contributed by atoms with van der Waals surface area (Å²) >= 11 is 0. The molecule has 0 heterocycles. The molecule has 9 heteroatoms. The summed E-state index contributed by atoms with van der Waals surface area (Å²) in [6.45, 7) is 1.43. The van der Waals surface area contributed by atoms with Crippen molar-refractivity contribution in [3.05, 3.63) is 88.5 Å². The SMILES string of the molecule is Cc1ccc(C2CCC(C(F)(F)Oc3ccc(-c4cc(F)c(F)c(F)c4)c(F)c3)CC2)c(F)c1F. The third kappa shape index (κ3) is 4.99. The van der Waals surface area contributed by atoms with Gasteiger partial charge in [0.1, 0.15) is 11.6 Å². The van der Waals surface area contributed by atoms with Gasteiger partial charge in [0.25, 0.3) is 0 Å². The summed E-state index contributed by atoms with van der Waals surface area (Å²) in [5.74, 6) is -9.91. The molecular weight excluding hydrogens is 480 g/mol. The number of benzene rings is 3. The van der Waals surface area contributed by atoms with E-state index in [1.54, 1.807) is 0 Å².